The van der Waals surface area contributed by atoms with Crippen molar-refractivity contribution in [3.63, 3.8) is 0 Å². The lowest BCUT2D eigenvalue weighted by Crippen LogP contribution is -2.45. The van der Waals surface area contributed by atoms with E-state index in [1.165, 1.54) is 29.5 Å². The van der Waals surface area contributed by atoms with E-state index in [9.17, 15) is 0 Å². The molecule has 15 heavy (non-hydrogen) atoms. The van der Waals surface area contributed by atoms with Crippen molar-refractivity contribution >= 4 is 0 Å². The lowest BCUT2D eigenvalue weighted by Gasteiger charge is -2.31. The molecule has 0 spiro atoms. The van der Waals surface area contributed by atoms with E-state index in [0.717, 1.165) is 0 Å². The van der Waals surface area contributed by atoms with Crippen LogP contribution in [-0.4, -0.2) is 5.54 Å². The quantitative estimate of drug-likeness (QED) is 0.785. The minimum atomic E-state index is -0.102. The third-order valence-corrected chi connectivity index (χ3v) is 4.04. The van der Waals surface area contributed by atoms with Gasteiger partial charge in [0.2, 0.25) is 0 Å². The van der Waals surface area contributed by atoms with E-state index in [0.29, 0.717) is 0 Å². The summed E-state index contributed by atoms with van der Waals surface area (Å²) >= 11 is 0. The highest BCUT2D eigenvalue weighted by molar-refractivity contribution is 5.41. The Balaban J connectivity index is 2.43. The van der Waals surface area contributed by atoms with Crippen molar-refractivity contribution in [3.8, 4) is 0 Å². The van der Waals surface area contributed by atoms with Crippen LogP contribution in [0.1, 0.15) is 43.4 Å². The second-order valence-electron chi connectivity index (χ2n) is 5.60. The summed E-state index contributed by atoms with van der Waals surface area (Å²) in [5.74, 6) is 0. The van der Waals surface area contributed by atoms with Gasteiger partial charge in [0, 0.05) is 11.0 Å². The maximum Gasteiger partial charge on any atom is 0.0195 e. The van der Waals surface area contributed by atoms with Crippen LogP contribution in [0.4, 0.5) is 0 Å². The van der Waals surface area contributed by atoms with Crippen LogP contribution in [-0.2, 0) is 5.41 Å². The van der Waals surface area contributed by atoms with Gasteiger partial charge in [-0.1, -0.05) is 18.2 Å². The van der Waals surface area contributed by atoms with Gasteiger partial charge in [-0.05, 0) is 57.2 Å². The van der Waals surface area contributed by atoms with Crippen LogP contribution in [0, 0.1) is 13.8 Å². The molecule has 1 nitrogen and oxygen atoms in total. The Kier molecular flexibility index (Phi) is 2.20. The molecular weight excluding hydrogens is 182 g/mol. The van der Waals surface area contributed by atoms with E-state index >= 15 is 0 Å². The third-order valence-electron chi connectivity index (χ3n) is 4.04. The van der Waals surface area contributed by atoms with Gasteiger partial charge in [-0.15, -0.1) is 0 Å². The zero-order valence-corrected chi connectivity index (χ0v) is 10.2. The molecule has 0 aliphatic heterocycles. The molecule has 1 fully saturated rings. The maximum atomic E-state index is 6.30. The molecule has 0 atom stereocenters. The normalized spacial score (nSPS) is 19.0. The number of nitrogens with two attached hydrogens (primary N) is 1. The first-order valence-electron chi connectivity index (χ1n) is 5.73. The second-order valence-corrected chi connectivity index (χ2v) is 5.60. The molecule has 2 N–H and O–H groups in total. The van der Waals surface area contributed by atoms with E-state index in [1.54, 1.807) is 0 Å². The fraction of sp³-hybridized carbons (Fsp3) is 0.571. The second kappa shape index (κ2) is 3.08. The summed E-state index contributed by atoms with van der Waals surface area (Å²) in [5, 5.41) is 0. The zero-order valence-electron chi connectivity index (χ0n) is 10.2. The molecule has 2 rings (SSSR count). The van der Waals surface area contributed by atoms with Crippen LogP contribution in [0.3, 0.4) is 0 Å². The first-order valence-corrected chi connectivity index (χ1v) is 5.73. The number of aryl methyl sites for hydroxylation is 2. The van der Waals surface area contributed by atoms with Gasteiger partial charge in [-0.3, -0.25) is 0 Å². The molecule has 0 radical (unpaired) electrons. The molecule has 0 saturated heterocycles. The van der Waals surface area contributed by atoms with Crippen LogP contribution in [0.15, 0.2) is 18.2 Å². The van der Waals surface area contributed by atoms with E-state index in [4.69, 9.17) is 5.73 Å². The largest absolute Gasteiger partial charge is 0.325 e. The number of benzene rings is 1. The van der Waals surface area contributed by atoms with Crippen LogP contribution < -0.4 is 5.73 Å². The van der Waals surface area contributed by atoms with E-state index < -0.39 is 0 Å². The predicted octanol–water partition coefficient (Wildman–Crippen LogP) is 3.07. The summed E-state index contributed by atoms with van der Waals surface area (Å²) in [6, 6.07) is 6.79. The predicted molar refractivity (Wildman–Crippen MR) is 65.1 cm³/mol. The average molecular weight is 203 g/mol. The van der Waals surface area contributed by atoms with Crippen LogP contribution >= 0.6 is 0 Å². The van der Waals surface area contributed by atoms with Crippen molar-refractivity contribution in [1.29, 1.82) is 0 Å². The Labute approximate surface area is 92.7 Å². The fourth-order valence-electron chi connectivity index (χ4n) is 2.47. The summed E-state index contributed by atoms with van der Waals surface area (Å²) in [6.45, 7) is 8.63. The summed E-state index contributed by atoms with van der Waals surface area (Å²) in [4.78, 5) is 0. The highest BCUT2D eigenvalue weighted by atomic mass is 14.8. The van der Waals surface area contributed by atoms with E-state index in [1.807, 2.05) is 0 Å². The van der Waals surface area contributed by atoms with Gasteiger partial charge in [0.1, 0.15) is 0 Å². The van der Waals surface area contributed by atoms with Crippen molar-refractivity contribution in [2.45, 2.75) is 51.5 Å². The molecule has 1 aliphatic carbocycles. The van der Waals surface area contributed by atoms with E-state index in [-0.39, 0.29) is 11.0 Å². The molecule has 0 unspecified atom stereocenters. The van der Waals surface area contributed by atoms with Crippen molar-refractivity contribution in [1.82, 2.24) is 0 Å². The minimum absolute atomic E-state index is 0.102. The van der Waals surface area contributed by atoms with Gasteiger partial charge >= 0.3 is 0 Å². The highest BCUT2D eigenvalue weighted by Crippen LogP contribution is 2.54. The lowest BCUT2D eigenvalue weighted by molar-refractivity contribution is 0.391. The molecule has 1 aromatic carbocycles. The van der Waals surface area contributed by atoms with Crippen molar-refractivity contribution in [3.05, 3.63) is 34.9 Å². The van der Waals surface area contributed by atoms with Gasteiger partial charge < -0.3 is 5.73 Å². The van der Waals surface area contributed by atoms with Crippen LogP contribution in [0.25, 0.3) is 0 Å². The van der Waals surface area contributed by atoms with Crippen molar-refractivity contribution in [2.24, 2.45) is 5.73 Å². The Hall–Kier alpha value is -0.820. The first-order chi connectivity index (χ1) is 6.87. The Morgan fingerprint density at radius 3 is 2.13 bits per heavy atom. The van der Waals surface area contributed by atoms with Crippen molar-refractivity contribution < 1.29 is 0 Å². The number of hydrogen-bond donors (Lipinski definition) is 1. The summed E-state index contributed by atoms with van der Waals surface area (Å²) in [6.07, 6.45) is 2.47. The molecular formula is C14H21N. The molecule has 0 bridgehead atoms. The summed E-state index contributed by atoms with van der Waals surface area (Å²) in [7, 11) is 0. The van der Waals surface area contributed by atoms with Crippen LogP contribution in [0.5, 0.6) is 0 Å². The van der Waals surface area contributed by atoms with Gasteiger partial charge in [0.05, 0.1) is 0 Å². The summed E-state index contributed by atoms with van der Waals surface area (Å²) in [5.41, 5.74) is 10.6. The molecule has 1 heteroatoms. The zero-order chi connectivity index (χ0) is 11.3. The molecule has 1 aromatic rings. The Bertz CT molecular complexity index is 381. The van der Waals surface area contributed by atoms with Gasteiger partial charge in [-0.2, -0.15) is 0 Å². The van der Waals surface area contributed by atoms with Gasteiger partial charge in [-0.25, -0.2) is 0 Å². The molecule has 0 heterocycles. The number of rotatable bonds is 2. The van der Waals surface area contributed by atoms with Gasteiger partial charge in [0.25, 0.3) is 0 Å². The molecule has 1 saturated carbocycles. The monoisotopic (exact) mass is 203 g/mol. The standard InChI is InChI=1S/C14H21N/c1-10-5-6-12(9-11(10)2)14(7-8-14)13(3,4)15/h5-6,9H,7-8,15H2,1-4H3. The van der Waals surface area contributed by atoms with Gasteiger partial charge in [0.15, 0.2) is 0 Å². The highest BCUT2D eigenvalue weighted by Gasteiger charge is 2.53. The third kappa shape index (κ3) is 1.59. The first kappa shape index (κ1) is 10.7. The Morgan fingerprint density at radius 2 is 1.73 bits per heavy atom. The molecule has 82 valence electrons. The molecule has 0 amide bonds. The maximum absolute atomic E-state index is 6.30. The molecule has 0 aromatic heterocycles. The lowest BCUT2D eigenvalue weighted by atomic mass is 9.78. The van der Waals surface area contributed by atoms with E-state index in [2.05, 4.69) is 45.9 Å². The fourth-order valence-corrected chi connectivity index (χ4v) is 2.47. The summed E-state index contributed by atoms with van der Waals surface area (Å²) < 4.78 is 0. The molecule has 1 aliphatic rings. The SMILES string of the molecule is Cc1ccc(C2(C(C)(C)N)CC2)cc1C. The van der Waals surface area contributed by atoms with Crippen molar-refractivity contribution in [2.75, 3.05) is 0 Å². The number of hydrogen-bond acceptors (Lipinski definition) is 1. The average Bonchev–Trinajstić information content (AvgIpc) is 2.88. The Morgan fingerprint density at radius 1 is 1.13 bits per heavy atom. The topological polar surface area (TPSA) is 26.0 Å². The smallest absolute Gasteiger partial charge is 0.0195 e. The minimum Gasteiger partial charge on any atom is -0.325 e. The van der Waals surface area contributed by atoms with Crippen LogP contribution in [0.2, 0.25) is 0 Å².